The first-order chi connectivity index (χ1) is 9.74. The topological polar surface area (TPSA) is 51.6 Å². The van der Waals surface area contributed by atoms with Crippen LogP contribution in [0.2, 0.25) is 0 Å². The molecular formula is C15H19NO3S. The number of ether oxygens (including phenoxy) is 2. The number of hydrogen-bond acceptors (Lipinski definition) is 5. The molecule has 1 heterocycles. The van der Waals surface area contributed by atoms with Gasteiger partial charge in [0, 0.05) is 18.0 Å². The summed E-state index contributed by atoms with van der Waals surface area (Å²) in [6, 6.07) is 5.55. The lowest BCUT2D eigenvalue weighted by Crippen LogP contribution is -2.04. The normalized spacial score (nSPS) is 12.2. The van der Waals surface area contributed by atoms with E-state index in [2.05, 4.69) is 4.98 Å². The van der Waals surface area contributed by atoms with Gasteiger partial charge in [0.15, 0.2) is 11.5 Å². The van der Waals surface area contributed by atoms with E-state index in [1.165, 1.54) is 0 Å². The predicted molar refractivity (Wildman–Crippen MR) is 79.6 cm³/mol. The molecule has 5 heteroatoms. The highest BCUT2D eigenvalue weighted by molar-refractivity contribution is 7.09. The van der Waals surface area contributed by atoms with E-state index in [1.807, 2.05) is 37.4 Å². The third-order valence-corrected chi connectivity index (χ3v) is 3.61. The second-order valence-corrected chi connectivity index (χ2v) is 5.20. The highest BCUT2D eigenvalue weighted by Crippen LogP contribution is 2.31. The molecule has 0 saturated heterocycles. The van der Waals surface area contributed by atoms with Crippen molar-refractivity contribution in [3.05, 3.63) is 40.3 Å². The fourth-order valence-corrected chi connectivity index (χ4v) is 2.57. The van der Waals surface area contributed by atoms with Crippen molar-refractivity contribution in [1.29, 1.82) is 0 Å². The number of nitrogens with zero attached hydrogens (tertiary/aromatic N) is 1. The van der Waals surface area contributed by atoms with Crippen LogP contribution in [0.3, 0.4) is 0 Å². The van der Waals surface area contributed by atoms with Crippen LogP contribution in [0.25, 0.3) is 0 Å². The molecule has 1 aromatic carbocycles. The Morgan fingerprint density at radius 3 is 2.60 bits per heavy atom. The SMILES string of the molecule is CCOc1ccc(C(O)Cc2nccs2)cc1OCC. The van der Waals surface area contributed by atoms with E-state index >= 15 is 0 Å². The summed E-state index contributed by atoms with van der Waals surface area (Å²) < 4.78 is 11.1. The second kappa shape index (κ2) is 7.26. The van der Waals surface area contributed by atoms with E-state index in [0.717, 1.165) is 10.6 Å². The van der Waals surface area contributed by atoms with Gasteiger partial charge >= 0.3 is 0 Å². The fourth-order valence-electron chi connectivity index (χ4n) is 1.91. The van der Waals surface area contributed by atoms with Crippen molar-refractivity contribution in [2.24, 2.45) is 0 Å². The monoisotopic (exact) mass is 293 g/mol. The van der Waals surface area contributed by atoms with Gasteiger partial charge in [0.2, 0.25) is 0 Å². The molecule has 4 nitrogen and oxygen atoms in total. The molecule has 0 fully saturated rings. The molecule has 0 aliphatic carbocycles. The summed E-state index contributed by atoms with van der Waals surface area (Å²) in [6.45, 7) is 5.00. The average Bonchev–Trinajstić information content (AvgIpc) is 2.94. The summed E-state index contributed by atoms with van der Waals surface area (Å²) in [6.07, 6.45) is 1.67. The van der Waals surface area contributed by atoms with E-state index < -0.39 is 6.10 Å². The lowest BCUT2D eigenvalue weighted by atomic mass is 10.1. The Morgan fingerprint density at radius 1 is 1.20 bits per heavy atom. The molecule has 0 bridgehead atoms. The summed E-state index contributed by atoms with van der Waals surface area (Å²) in [5.74, 6) is 1.38. The maximum absolute atomic E-state index is 10.3. The van der Waals surface area contributed by atoms with E-state index in [0.29, 0.717) is 31.1 Å². The van der Waals surface area contributed by atoms with Crippen molar-refractivity contribution in [1.82, 2.24) is 4.98 Å². The number of rotatable bonds is 7. The smallest absolute Gasteiger partial charge is 0.161 e. The lowest BCUT2D eigenvalue weighted by molar-refractivity contribution is 0.177. The Bertz CT molecular complexity index is 528. The number of hydrogen-bond donors (Lipinski definition) is 1. The zero-order valence-corrected chi connectivity index (χ0v) is 12.5. The van der Waals surface area contributed by atoms with Crippen molar-refractivity contribution in [2.75, 3.05) is 13.2 Å². The quantitative estimate of drug-likeness (QED) is 0.851. The molecule has 0 saturated carbocycles. The molecule has 1 unspecified atom stereocenters. The first kappa shape index (κ1) is 14.8. The number of aliphatic hydroxyl groups excluding tert-OH is 1. The molecule has 1 aromatic heterocycles. The maximum atomic E-state index is 10.3. The molecular weight excluding hydrogens is 274 g/mol. The van der Waals surface area contributed by atoms with Crippen LogP contribution in [0.15, 0.2) is 29.8 Å². The van der Waals surface area contributed by atoms with Crippen LogP contribution < -0.4 is 9.47 Å². The van der Waals surface area contributed by atoms with Gasteiger partial charge in [0.25, 0.3) is 0 Å². The number of thiazole rings is 1. The van der Waals surface area contributed by atoms with Gasteiger partial charge in [-0.15, -0.1) is 11.3 Å². The minimum Gasteiger partial charge on any atom is -0.490 e. The van der Waals surface area contributed by atoms with Gasteiger partial charge in [0.1, 0.15) is 0 Å². The van der Waals surface area contributed by atoms with Gasteiger partial charge < -0.3 is 14.6 Å². The van der Waals surface area contributed by atoms with Crippen LogP contribution in [-0.4, -0.2) is 23.3 Å². The Balaban J connectivity index is 2.16. The van der Waals surface area contributed by atoms with Gasteiger partial charge in [-0.05, 0) is 31.5 Å². The highest BCUT2D eigenvalue weighted by atomic mass is 32.1. The molecule has 1 atom stereocenters. The van der Waals surface area contributed by atoms with E-state index in [-0.39, 0.29) is 0 Å². The molecule has 108 valence electrons. The summed E-state index contributed by atoms with van der Waals surface area (Å²) in [5.41, 5.74) is 0.812. The standard InChI is InChI=1S/C15H19NO3S/c1-3-18-13-6-5-11(9-14(13)19-4-2)12(17)10-15-16-7-8-20-15/h5-9,12,17H,3-4,10H2,1-2H3. The van der Waals surface area contributed by atoms with Crippen LogP contribution in [0.5, 0.6) is 11.5 Å². The largest absolute Gasteiger partial charge is 0.490 e. The Morgan fingerprint density at radius 2 is 1.95 bits per heavy atom. The zero-order chi connectivity index (χ0) is 14.4. The van der Waals surface area contributed by atoms with Crippen LogP contribution in [-0.2, 0) is 6.42 Å². The van der Waals surface area contributed by atoms with E-state index in [1.54, 1.807) is 17.5 Å². The first-order valence-corrected chi connectivity index (χ1v) is 7.58. The first-order valence-electron chi connectivity index (χ1n) is 6.70. The molecule has 0 aliphatic rings. The third-order valence-electron chi connectivity index (χ3n) is 2.80. The minimum atomic E-state index is -0.587. The predicted octanol–water partition coefficient (Wildman–Crippen LogP) is 3.22. The van der Waals surface area contributed by atoms with Crippen LogP contribution >= 0.6 is 11.3 Å². The average molecular weight is 293 g/mol. The molecule has 20 heavy (non-hydrogen) atoms. The van der Waals surface area contributed by atoms with Gasteiger partial charge in [-0.25, -0.2) is 4.98 Å². The molecule has 0 radical (unpaired) electrons. The van der Waals surface area contributed by atoms with Gasteiger partial charge in [0.05, 0.1) is 24.3 Å². The Kier molecular flexibility index (Phi) is 5.38. The van der Waals surface area contributed by atoms with Gasteiger partial charge in [-0.1, -0.05) is 6.07 Å². The van der Waals surface area contributed by atoms with Crippen LogP contribution in [0, 0.1) is 0 Å². The Labute approximate surface area is 123 Å². The van der Waals surface area contributed by atoms with Crippen molar-refractivity contribution < 1.29 is 14.6 Å². The minimum absolute atomic E-state index is 0.511. The zero-order valence-electron chi connectivity index (χ0n) is 11.7. The molecule has 0 spiro atoms. The second-order valence-electron chi connectivity index (χ2n) is 4.22. The third kappa shape index (κ3) is 3.71. The summed E-state index contributed by atoms with van der Waals surface area (Å²) >= 11 is 1.54. The summed E-state index contributed by atoms with van der Waals surface area (Å²) in [7, 11) is 0. The van der Waals surface area contributed by atoms with Gasteiger partial charge in [-0.3, -0.25) is 0 Å². The van der Waals surface area contributed by atoms with Gasteiger partial charge in [-0.2, -0.15) is 0 Å². The van der Waals surface area contributed by atoms with Crippen molar-refractivity contribution in [2.45, 2.75) is 26.4 Å². The molecule has 1 N–H and O–H groups in total. The maximum Gasteiger partial charge on any atom is 0.161 e. The molecule has 0 aliphatic heterocycles. The fraction of sp³-hybridized carbons (Fsp3) is 0.400. The summed E-state index contributed by atoms with van der Waals surface area (Å²) in [5, 5.41) is 13.1. The van der Waals surface area contributed by atoms with Crippen LogP contribution in [0.4, 0.5) is 0 Å². The molecule has 2 aromatic rings. The molecule has 0 amide bonds. The Hall–Kier alpha value is -1.59. The van der Waals surface area contributed by atoms with Crippen molar-refractivity contribution >= 4 is 11.3 Å². The molecule has 2 rings (SSSR count). The number of benzene rings is 1. The van der Waals surface area contributed by atoms with Crippen molar-refractivity contribution in [3.63, 3.8) is 0 Å². The van der Waals surface area contributed by atoms with E-state index in [9.17, 15) is 5.11 Å². The number of aliphatic hydroxyl groups is 1. The van der Waals surface area contributed by atoms with Crippen LogP contribution in [0.1, 0.15) is 30.5 Å². The highest BCUT2D eigenvalue weighted by Gasteiger charge is 2.14. The number of aromatic nitrogens is 1. The van der Waals surface area contributed by atoms with Crippen molar-refractivity contribution in [3.8, 4) is 11.5 Å². The summed E-state index contributed by atoms with van der Waals surface area (Å²) in [4.78, 5) is 4.19. The van der Waals surface area contributed by atoms with E-state index in [4.69, 9.17) is 9.47 Å². The lowest BCUT2D eigenvalue weighted by Gasteiger charge is -2.15.